The summed E-state index contributed by atoms with van der Waals surface area (Å²) in [5.74, 6) is 2.65. The zero-order chi connectivity index (χ0) is 23.5. The molecule has 0 atom stereocenters. The van der Waals surface area contributed by atoms with Gasteiger partial charge in [0.25, 0.3) is 5.91 Å². The van der Waals surface area contributed by atoms with Crippen LogP contribution in [0.25, 0.3) is 0 Å². The van der Waals surface area contributed by atoms with Crippen LogP contribution in [0.1, 0.15) is 73.0 Å². The number of benzene rings is 1. The third kappa shape index (κ3) is 4.70. The highest BCUT2D eigenvalue weighted by Gasteiger charge is 2.30. The molecule has 1 saturated carbocycles. The second kappa shape index (κ2) is 10.2. The van der Waals surface area contributed by atoms with Gasteiger partial charge in [0, 0.05) is 50.3 Å². The number of carbonyl (C=O) groups is 1. The summed E-state index contributed by atoms with van der Waals surface area (Å²) in [6, 6.07) is 7.96. The Hall–Kier alpha value is -2.83. The number of hydrogen-bond donors (Lipinski definition) is 0. The van der Waals surface area contributed by atoms with Gasteiger partial charge in [0.05, 0.1) is 19.3 Å². The van der Waals surface area contributed by atoms with Crippen LogP contribution in [0.5, 0.6) is 5.75 Å². The Bertz CT molecular complexity index is 1010. The number of carbonyl (C=O) groups excluding carboxylic acids is 1. The lowest BCUT2D eigenvalue weighted by molar-refractivity contribution is 0.0733. The standard InChI is InChI=1S/C27H37N5O2/c1-30(21-11-5-3-6-12-21)27-28-24-14-17-32(26(33)20-10-9-13-22(18-20)34-2)19-23(24)25(29-27)31-15-7-4-8-16-31/h9-10,13,18,21H,3-8,11-12,14-17,19H2,1-2H3. The van der Waals surface area contributed by atoms with Gasteiger partial charge in [-0.25, -0.2) is 4.98 Å². The van der Waals surface area contributed by atoms with Crippen LogP contribution in [-0.2, 0) is 13.0 Å². The van der Waals surface area contributed by atoms with Crippen molar-refractivity contribution in [1.82, 2.24) is 14.9 Å². The summed E-state index contributed by atoms with van der Waals surface area (Å²) < 4.78 is 5.33. The number of fused-ring (bicyclic) bond motifs is 1. The monoisotopic (exact) mass is 463 g/mol. The number of ether oxygens (including phenoxy) is 1. The maximum atomic E-state index is 13.4. The van der Waals surface area contributed by atoms with E-state index in [2.05, 4.69) is 16.8 Å². The highest BCUT2D eigenvalue weighted by atomic mass is 16.5. The second-order valence-electron chi connectivity index (χ2n) is 9.93. The molecule has 7 heteroatoms. The lowest BCUT2D eigenvalue weighted by atomic mass is 9.95. The van der Waals surface area contributed by atoms with E-state index in [1.165, 1.54) is 51.4 Å². The summed E-state index contributed by atoms with van der Waals surface area (Å²) in [5.41, 5.74) is 2.91. The Morgan fingerprint density at radius 1 is 1.03 bits per heavy atom. The second-order valence-corrected chi connectivity index (χ2v) is 9.93. The van der Waals surface area contributed by atoms with Crippen molar-refractivity contribution in [3.8, 4) is 5.75 Å². The highest BCUT2D eigenvalue weighted by Crippen LogP contribution is 2.33. The van der Waals surface area contributed by atoms with Crippen molar-refractivity contribution in [2.45, 2.75) is 70.4 Å². The molecule has 3 heterocycles. The van der Waals surface area contributed by atoms with Gasteiger partial charge in [-0.15, -0.1) is 0 Å². The van der Waals surface area contributed by atoms with Gasteiger partial charge in [-0.1, -0.05) is 25.3 Å². The molecule has 0 spiro atoms. The molecule has 5 rings (SSSR count). The van der Waals surface area contributed by atoms with Crippen molar-refractivity contribution in [2.24, 2.45) is 0 Å². The van der Waals surface area contributed by atoms with Crippen LogP contribution in [0.15, 0.2) is 24.3 Å². The van der Waals surface area contributed by atoms with Crippen molar-refractivity contribution < 1.29 is 9.53 Å². The Labute approximate surface area is 203 Å². The van der Waals surface area contributed by atoms with E-state index in [0.29, 0.717) is 30.4 Å². The fourth-order valence-electron chi connectivity index (χ4n) is 5.65. The molecule has 2 aromatic rings. The molecule has 2 aliphatic heterocycles. The topological polar surface area (TPSA) is 61.8 Å². The van der Waals surface area contributed by atoms with Gasteiger partial charge in [0.15, 0.2) is 0 Å². The lowest BCUT2D eigenvalue weighted by Gasteiger charge is -2.37. The third-order valence-electron chi connectivity index (χ3n) is 7.72. The van der Waals surface area contributed by atoms with Crippen molar-refractivity contribution >= 4 is 17.7 Å². The van der Waals surface area contributed by atoms with Crippen LogP contribution in [-0.4, -0.2) is 60.6 Å². The predicted octanol–water partition coefficient (Wildman–Crippen LogP) is 4.44. The molecule has 1 saturated heterocycles. The van der Waals surface area contributed by atoms with Crippen LogP contribution in [0, 0.1) is 0 Å². The molecule has 1 amide bonds. The van der Waals surface area contributed by atoms with E-state index in [0.717, 1.165) is 42.5 Å². The summed E-state index contributed by atoms with van der Waals surface area (Å²) in [5, 5.41) is 0. The number of rotatable bonds is 5. The van der Waals surface area contributed by atoms with Crippen molar-refractivity contribution in [1.29, 1.82) is 0 Å². The first-order valence-electron chi connectivity index (χ1n) is 12.9. The molecule has 182 valence electrons. The van der Waals surface area contributed by atoms with Crippen LogP contribution in [0.4, 0.5) is 11.8 Å². The van der Waals surface area contributed by atoms with Gasteiger partial charge in [-0.2, -0.15) is 4.98 Å². The Morgan fingerprint density at radius 3 is 2.56 bits per heavy atom. The molecule has 3 aliphatic rings. The quantitative estimate of drug-likeness (QED) is 0.653. The van der Waals surface area contributed by atoms with E-state index in [-0.39, 0.29) is 5.91 Å². The molecule has 0 bridgehead atoms. The fourth-order valence-corrected chi connectivity index (χ4v) is 5.65. The molecule has 1 aromatic heterocycles. The molecular weight excluding hydrogens is 426 g/mol. The summed E-state index contributed by atoms with van der Waals surface area (Å²) in [6.07, 6.45) is 10.8. The molecule has 34 heavy (non-hydrogen) atoms. The van der Waals surface area contributed by atoms with E-state index in [4.69, 9.17) is 14.7 Å². The largest absolute Gasteiger partial charge is 0.497 e. The lowest BCUT2D eigenvalue weighted by Crippen LogP contribution is -2.40. The van der Waals surface area contributed by atoms with Crippen LogP contribution >= 0.6 is 0 Å². The summed E-state index contributed by atoms with van der Waals surface area (Å²) >= 11 is 0. The molecule has 0 N–H and O–H groups in total. The number of hydrogen-bond acceptors (Lipinski definition) is 6. The zero-order valence-electron chi connectivity index (χ0n) is 20.6. The van der Waals surface area contributed by atoms with E-state index in [9.17, 15) is 4.79 Å². The molecule has 1 aromatic carbocycles. The Kier molecular flexibility index (Phi) is 6.88. The van der Waals surface area contributed by atoms with Gasteiger partial charge in [0.2, 0.25) is 5.95 Å². The molecule has 0 radical (unpaired) electrons. The summed E-state index contributed by atoms with van der Waals surface area (Å²) in [7, 11) is 3.80. The van der Waals surface area contributed by atoms with Crippen LogP contribution in [0.3, 0.4) is 0 Å². The first-order chi connectivity index (χ1) is 16.6. The number of amides is 1. The van der Waals surface area contributed by atoms with E-state index < -0.39 is 0 Å². The smallest absolute Gasteiger partial charge is 0.254 e. The number of anilines is 2. The van der Waals surface area contributed by atoms with Crippen LogP contribution in [0.2, 0.25) is 0 Å². The van der Waals surface area contributed by atoms with Gasteiger partial charge in [0.1, 0.15) is 11.6 Å². The van der Waals surface area contributed by atoms with Crippen molar-refractivity contribution in [2.75, 3.05) is 43.6 Å². The third-order valence-corrected chi connectivity index (χ3v) is 7.72. The average Bonchev–Trinajstić information content (AvgIpc) is 2.92. The Morgan fingerprint density at radius 2 is 1.79 bits per heavy atom. The SMILES string of the molecule is COc1cccc(C(=O)N2CCc3nc(N(C)C4CCCCC4)nc(N4CCCCC4)c3C2)c1. The van der Waals surface area contributed by atoms with E-state index >= 15 is 0 Å². The molecule has 2 fully saturated rings. The van der Waals surface area contributed by atoms with E-state index in [1.807, 2.05) is 29.2 Å². The zero-order valence-corrected chi connectivity index (χ0v) is 20.6. The average molecular weight is 464 g/mol. The first-order valence-corrected chi connectivity index (χ1v) is 12.9. The maximum absolute atomic E-state index is 13.4. The van der Waals surface area contributed by atoms with E-state index in [1.54, 1.807) is 7.11 Å². The minimum atomic E-state index is 0.0394. The normalized spacial score (nSPS) is 19.0. The minimum Gasteiger partial charge on any atom is -0.497 e. The highest BCUT2D eigenvalue weighted by molar-refractivity contribution is 5.94. The summed E-state index contributed by atoms with van der Waals surface area (Å²) in [6.45, 7) is 3.29. The molecule has 7 nitrogen and oxygen atoms in total. The van der Waals surface area contributed by atoms with Gasteiger partial charge < -0.3 is 19.4 Å². The Balaban J connectivity index is 1.45. The predicted molar refractivity (Wildman–Crippen MR) is 135 cm³/mol. The van der Waals surface area contributed by atoms with Crippen LogP contribution < -0.4 is 14.5 Å². The van der Waals surface area contributed by atoms with Gasteiger partial charge in [-0.3, -0.25) is 4.79 Å². The van der Waals surface area contributed by atoms with Crippen molar-refractivity contribution in [3.63, 3.8) is 0 Å². The molecule has 1 aliphatic carbocycles. The molecule has 0 unspecified atom stereocenters. The summed E-state index contributed by atoms with van der Waals surface area (Å²) in [4.78, 5) is 30.3. The number of aromatic nitrogens is 2. The minimum absolute atomic E-state index is 0.0394. The van der Waals surface area contributed by atoms with Gasteiger partial charge >= 0.3 is 0 Å². The molecular formula is C27H37N5O2. The number of piperidine rings is 1. The fraction of sp³-hybridized carbons (Fsp3) is 0.593. The number of methoxy groups -OCH3 is 1. The van der Waals surface area contributed by atoms with Gasteiger partial charge in [-0.05, 0) is 50.3 Å². The maximum Gasteiger partial charge on any atom is 0.254 e. The van der Waals surface area contributed by atoms with Crippen molar-refractivity contribution in [3.05, 3.63) is 41.1 Å². The first kappa shape index (κ1) is 22.9. The number of nitrogens with zero attached hydrogens (tertiary/aromatic N) is 5.